The first kappa shape index (κ1) is 44.2. The lowest BCUT2D eigenvalue weighted by atomic mass is 9.99. The van der Waals surface area contributed by atoms with Gasteiger partial charge in [0.05, 0.1) is 38.0 Å². The van der Waals surface area contributed by atoms with Gasteiger partial charge in [0.15, 0.2) is 5.69 Å². The molecular weight excluding hydrogens is 869 g/mol. The van der Waals surface area contributed by atoms with E-state index >= 15 is 0 Å². The second-order valence-electron chi connectivity index (χ2n) is 12.9. The summed E-state index contributed by atoms with van der Waals surface area (Å²) in [6.45, 7) is 0. The van der Waals surface area contributed by atoms with Crippen molar-refractivity contribution in [2.24, 2.45) is 40.9 Å². The van der Waals surface area contributed by atoms with Gasteiger partial charge >= 0.3 is 11.9 Å². The van der Waals surface area contributed by atoms with Crippen molar-refractivity contribution in [2.45, 2.75) is 16.2 Å². The summed E-state index contributed by atoms with van der Waals surface area (Å²) in [4.78, 5) is 23.7. The number of carbonyl (C=O) groups is 2. The Morgan fingerprint density at radius 1 is 0.413 bits per heavy atom. The molecule has 6 aromatic carbocycles. The molecule has 0 saturated carbocycles. The van der Waals surface area contributed by atoms with Crippen LogP contribution < -0.4 is 0 Å². The van der Waals surface area contributed by atoms with Gasteiger partial charge in [-0.3, -0.25) is 9.11 Å². The van der Waals surface area contributed by atoms with E-state index in [2.05, 4.69) is 40.9 Å². The third-order valence-corrected chi connectivity index (χ3v) is 10.2. The molecule has 0 aliphatic rings. The van der Waals surface area contributed by atoms with Crippen molar-refractivity contribution in [3.05, 3.63) is 131 Å². The van der Waals surface area contributed by atoms with Crippen molar-refractivity contribution in [1.82, 2.24) is 0 Å². The molecule has 6 rings (SSSR count). The Hall–Kier alpha value is -8.32. The minimum atomic E-state index is -4.44. The van der Waals surface area contributed by atoms with Crippen LogP contribution in [0.25, 0.3) is 0 Å². The van der Waals surface area contributed by atoms with Crippen molar-refractivity contribution >= 4 is 77.7 Å². The molecule has 63 heavy (non-hydrogen) atoms. The highest BCUT2D eigenvalue weighted by atomic mass is 32.2. The number of carboxylic acids is 2. The fourth-order valence-electron chi connectivity index (χ4n) is 5.41. The van der Waals surface area contributed by atoms with Crippen LogP contribution in [0.4, 0.5) is 45.5 Å². The van der Waals surface area contributed by atoms with Gasteiger partial charge in [0.1, 0.15) is 45.7 Å². The number of nitrogens with zero attached hydrogens (tertiary/aromatic N) is 8. The molecule has 0 aromatic heterocycles. The molecule has 0 unspecified atom stereocenters. The van der Waals surface area contributed by atoms with Crippen LogP contribution in [0.3, 0.4) is 0 Å². The minimum absolute atomic E-state index is 0.0451. The minimum Gasteiger partial charge on any atom is -0.505 e. The van der Waals surface area contributed by atoms with Crippen molar-refractivity contribution < 1.29 is 66.2 Å². The van der Waals surface area contributed by atoms with E-state index in [1.54, 1.807) is 0 Å². The van der Waals surface area contributed by atoms with Crippen LogP contribution in [-0.4, -0.2) is 68.5 Å². The van der Waals surface area contributed by atoms with Crippen molar-refractivity contribution in [3.8, 4) is 23.0 Å². The van der Waals surface area contributed by atoms with E-state index < -0.39 is 55.2 Å². The third-order valence-electron chi connectivity index (χ3n) is 8.46. The standard InChI is InChI=1S/C39H28N8O14S2/c48-33-19-34(49)32(18-31(33)45-40-22-3-7-25(8-4-22)62(56,57)58)46-44-30-12-2-21(15-28(30)39(54)55)13-20-1-11-29(27(14-20)38(52)53)43-42-24-16-35(50)37(36(51)17-24)47-41-23-5-9-26(10-6-23)63(59,60)61/h1-12,14-19,48-51H,13H2,(H,52,53)(H,54,55)(H,56,57,58)(H,59,60,61). The monoisotopic (exact) mass is 896 g/mol. The van der Waals surface area contributed by atoms with Crippen LogP contribution in [0.1, 0.15) is 31.8 Å². The van der Waals surface area contributed by atoms with Crippen LogP contribution in [0.2, 0.25) is 0 Å². The second kappa shape index (κ2) is 18.1. The second-order valence-corrected chi connectivity index (χ2v) is 15.7. The lowest BCUT2D eigenvalue weighted by Crippen LogP contribution is -2.01. The molecule has 0 radical (unpaired) electrons. The third kappa shape index (κ3) is 11.1. The number of rotatable bonds is 14. The van der Waals surface area contributed by atoms with E-state index in [1.165, 1.54) is 60.7 Å². The Labute approximate surface area is 354 Å². The summed E-state index contributed by atoms with van der Waals surface area (Å²) in [7, 11) is -8.87. The average molecular weight is 897 g/mol. The summed E-state index contributed by atoms with van der Waals surface area (Å²) in [5, 5.41) is 92.5. The van der Waals surface area contributed by atoms with Gasteiger partial charge in [0.25, 0.3) is 20.2 Å². The zero-order valence-corrected chi connectivity index (χ0v) is 33.2. The number of hydrogen-bond acceptors (Lipinski definition) is 18. The number of azo groups is 4. The molecule has 0 saturated heterocycles. The maximum absolute atomic E-state index is 12.2. The van der Waals surface area contributed by atoms with E-state index in [0.29, 0.717) is 11.1 Å². The van der Waals surface area contributed by atoms with Crippen molar-refractivity contribution in [2.75, 3.05) is 0 Å². The van der Waals surface area contributed by atoms with E-state index in [9.17, 15) is 57.1 Å². The quantitative estimate of drug-likeness (QED) is 0.0373. The van der Waals surface area contributed by atoms with Gasteiger partial charge in [-0.2, -0.15) is 32.2 Å². The van der Waals surface area contributed by atoms with Crippen LogP contribution in [0.5, 0.6) is 23.0 Å². The zero-order valence-electron chi connectivity index (χ0n) is 31.5. The molecule has 0 atom stereocenters. The molecule has 0 heterocycles. The van der Waals surface area contributed by atoms with Gasteiger partial charge in [-0.15, -0.1) is 25.6 Å². The van der Waals surface area contributed by atoms with Gasteiger partial charge < -0.3 is 30.6 Å². The molecule has 0 amide bonds. The van der Waals surface area contributed by atoms with Crippen LogP contribution >= 0.6 is 0 Å². The Morgan fingerprint density at radius 3 is 1.22 bits per heavy atom. The molecule has 320 valence electrons. The number of benzene rings is 6. The lowest BCUT2D eigenvalue weighted by Gasteiger charge is -2.08. The topological polar surface area (TPSA) is 363 Å². The summed E-state index contributed by atoms with van der Waals surface area (Å²) in [5.74, 6) is -4.98. The largest absolute Gasteiger partial charge is 0.505 e. The molecule has 8 N–H and O–H groups in total. The van der Waals surface area contributed by atoms with Gasteiger partial charge in [-0.1, -0.05) is 12.1 Å². The average Bonchev–Trinajstić information content (AvgIpc) is 3.22. The van der Waals surface area contributed by atoms with Gasteiger partial charge in [0, 0.05) is 24.3 Å². The number of phenols is 4. The van der Waals surface area contributed by atoms with E-state index in [-0.39, 0.29) is 72.8 Å². The van der Waals surface area contributed by atoms with Crippen LogP contribution in [-0.2, 0) is 26.7 Å². The van der Waals surface area contributed by atoms with Gasteiger partial charge in [-0.25, -0.2) is 9.59 Å². The Balaban J connectivity index is 1.17. The molecule has 0 bridgehead atoms. The SMILES string of the molecule is O=C(O)c1cc(Cc2ccc(N=Nc3cc(N=Nc4ccc(S(=O)(=O)O)cc4)c(O)cc3O)c(C(=O)O)c2)ccc1N=Nc1cc(O)c(N=Nc2ccc(S(=O)(=O)O)cc2)c(O)c1. The zero-order chi connectivity index (χ0) is 45.6. The summed E-state index contributed by atoms with van der Waals surface area (Å²) in [5.41, 5.74) is -0.616. The number of phenolic OH excluding ortho intramolecular Hbond substituents is 4. The molecule has 0 fully saturated rings. The van der Waals surface area contributed by atoms with E-state index in [4.69, 9.17) is 9.11 Å². The molecule has 6 aromatic rings. The lowest BCUT2D eigenvalue weighted by molar-refractivity contribution is 0.0687. The number of aromatic carboxylic acids is 2. The Kier molecular flexibility index (Phi) is 12.7. The fraction of sp³-hybridized carbons (Fsp3) is 0.0256. The molecule has 24 heteroatoms. The number of hydrogen-bond donors (Lipinski definition) is 8. The summed E-state index contributed by atoms with van der Waals surface area (Å²) in [6, 6.07) is 21.7. The first-order valence-corrected chi connectivity index (χ1v) is 20.3. The highest BCUT2D eigenvalue weighted by Crippen LogP contribution is 2.42. The van der Waals surface area contributed by atoms with Gasteiger partial charge in [0.2, 0.25) is 0 Å². The predicted octanol–water partition coefficient (Wildman–Crippen LogP) is 9.65. The highest BCUT2D eigenvalue weighted by Gasteiger charge is 2.17. The Morgan fingerprint density at radius 2 is 0.794 bits per heavy atom. The summed E-state index contributed by atoms with van der Waals surface area (Å²) < 4.78 is 63.2. The molecular formula is C39H28N8O14S2. The van der Waals surface area contributed by atoms with Crippen LogP contribution in [0, 0.1) is 0 Å². The normalized spacial score (nSPS) is 12.2. The first-order chi connectivity index (χ1) is 29.7. The van der Waals surface area contributed by atoms with Crippen LogP contribution in [0.15, 0.2) is 160 Å². The summed E-state index contributed by atoms with van der Waals surface area (Å²) in [6.07, 6.45) is 0.0451. The first-order valence-electron chi connectivity index (χ1n) is 17.4. The number of aromatic hydroxyl groups is 4. The number of carboxylic acid groups (broad SMARTS) is 2. The maximum Gasteiger partial charge on any atom is 0.337 e. The molecule has 0 aliphatic heterocycles. The van der Waals surface area contributed by atoms with E-state index in [1.807, 2.05) is 0 Å². The van der Waals surface area contributed by atoms with Crippen molar-refractivity contribution in [1.29, 1.82) is 0 Å². The maximum atomic E-state index is 12.2. The predicted molar refractivity (Wildman–Crippen MR) is 218 cm³/mol. The molecule has 0 aliphatic carbocycles. The molecule has 0 spiro atoms. The summed E-state index contributed by atoms with van der Waals surface area (Å²) >= 11 is 0. The van der Waals surface area contributed by atoms with E-state index in [0.717, 1.165) is 48.5 Å². The van der Waals surface area contributed by atoms with Crippen molar-refractivity contribution in [3.63, 3.8) is 0 Å². The fourth-order valence-corrected chi connectivity index (χ4v) is 6.37. The highest BCUT2D eigenvalue weighted by molar-refractivity contribution is 7.86. The van der Waals surface area contributed by atoms with Gasteiger partial charge in [-0.05, 0) is 90.3 Å². The Bertz CT molecular complexity index is 3120. The molecule has 22 nitrogen and oxygen atoms in total. The smallest absolute Gasteiger partial charge is 0.337 e.